The van der Waals surface area contributed by atoms with Crippen LogP contribution in [0.4, 0.5) is 0 Å². The number of aromatic nitrogens is 1. The number of rotatable bonds is 3. The van der Waals surface area contributed by atoms with Crippen LogP contribution in [0, 0.1) is 0 Å². The number of benzene rings is 2. The summed E-state index contributed by atoms with van der Waals surface area (Å²) in [7, 11) is 0. The van der Waals surface area contributed by atoms with Gasteiger partial charge < -0.3 is 9.47 Å². The summed E-state index contributed by atoms with van der Waals surface area (Å²) in [5.41, 5.74) is 1.20. The van der Waals surface area contributed by atoms with Gasteiger partial charge in [-0.15, -0.1) is 11.8 Å². The predicted molar refractivity (Wildman–Crippen MR) is 96.3 cm³/mol. The number of halogens is 1. The molecule has 0 aliphatic carbocycles. The molecular weight excluding hydrogens is 342 g/mol. The minimum absolute atomic E-state index is 0.0772. The first-order valence-corrected chi connectivity index (χ1v) is 8.92. The monoisotopic (exact) mass is 355 g/mol. The number of ether oxygens (including phenoxy) is 2. The quantitative estimate of drug-likeness (QED) is 0.598. The first-order valence-electron chi connectivity index (χ1n) is 7.56. The van der Waals surface area contributed by atoms with E-state index in [2.05, 4.69) is 17.1 Å². The summed E-state index contributed by atoms with van der Waals surface area (Å²) in [6.45, 7) is 0. The van der Waals surface area contributed by atoms with E-state index in [1.807, 2.05) is 36.4 Å². The first kappa shape index (κ1) is 15.4. The average molecular weight is 356 g/mol. The Morgan fingerprint density at radius 1 is 1.08 bits per heavy atom. The van der Waals surface area contributed by atoms with E-state index < -0.39 is 0 Å². The molecular formula is C19H14ClNO2S. The van der Waals surface area contributed by atoms with E-state index in [-0.39, 0.29) is 6.10 Å². The lowest BCUT2D eigenvalue weighted by molar-refractivity contribution is 0.220. The zero-order chi connectivity index (χ0) is 16.4. The molecule has 0 N–H and O–H groups in total. The third-order valence-electron chi connectivity index (χ3n) is 3.67. The van der Waals surface area contributed by atoms with Crippen molar-refractivity contribution in [3.8, 4) is 17.4 Å². The van der Waals surface area contributed by atoms with Crippen molar-refractivity contribution in [2.45, 2.75) is 11.0 Å². The van der Waals surface area contributed by atoms with Crippen LogP contribution in [0.2, 0.25) is 5.02 Å². The Balaban J connectivity index is 1.52. The predicted octanol–water partition coefficient (Wildman–Crippen LogP) is 5.75. The zero-order valence-corrected chi connectivity index (χ0v) is 14.3. The zero-order valence-electron chi connectivity index (χ0n) is 12.7. The standard InChI is InChI=1S/C19H14ClNO2S/c20-14-6-9-19(21-11-14)22-15-7-8-16-18(10-15)24-12-17(23-16)13-4-2-1-3-5-13/h1-11,17H,12H2. The Morgan fingerprint density at radius 3 is 2.75 bits per heavy atom. The van der Waals surface area contributed by atoms with Crippen molar-refractivity contribution >= 4 is 23.4 Å². The molecule has 2 aromatic carbocycles. The Labute approximate surface area is 149 Å². The fourth-order valence-electron chi connectivity index (χ4n) is 2.49. The molecule has 2 heterocycles. The van der Waals surface area contributed by atoms with E-state index in [0.29, 0.717) is 10.9 Å². The third-order valence-corrected chi connectivity index (χ3v) is 4.99. The minimum Gasteiger partial charge on any atom is -0.484 e. The van der Waals surface area contributed by atoms with Gasteiger partial charge in [-0.1, -0.05) is 41.9 Å². The van der Waals surface area contributed by atoms with Crippen molar-refractivity contribution in [1.82, 2.24) is 4.98 Å². The molecule has 4 rings (SSSR count). The Morgan fingerprint density at radius 2 is 1.96 bits per heavy atom. The van der Waals surface area contributed by atoms with Gasteiger partial charge in [-0.25, -0.2) is 4.98 Å². The third kappa shape index (κ3) is 3.35. The van der Waals surface area contributed by atoms with Crippen LogP contribution in [-0.4, -0.2) is 10.7 Å². The minimum atomic E-state index is 0.0772. The first-order chi connectivity index (χ1) is 11.8. The molecule has 0 saturated carbocycles. The van der Waals surface area contributed by atoms with E-state index in [1.54, 1.807) is 30.1 Å². The molecule has 0 amide bonds. The van der Waals surface area contributed by atoms with Gasteiger partial charge in [-0.2, -0.15) is 0 Å². The summed E-state index contributed by atoms with van der Waals surface area (Å²) in [5, 5.41) is 0.587. The van der Waals surface area contributed by atoms with Gasteiger partial charge in [0.05, 0.1) is 9.92 Å². The SMILES string of the molecule is Clc1ccc(Oc2ccc3c(c2)SCC(c2ccccc2)O3)nc1. The fraction of sp³-hybridized carbons (Fsp3) is 0.105. The van der Waals surface area contributed by atoms with Crippen LogP contribution in [-0.2, 0) is 0 Å². The number of fused-ring (bicyclic) bond motifs is 1. The lowest BCUT2D eigenvalue weighted by Gasteiger charge is -2.26. The second-order valence-electron chi connectivity index (χ2n) is 5.35. The molecule has 0 saturated heterocycles. The van der Waals surface area contributed by atoms with Gasteiger partial charge in [-0.3, -0.25) is 0 Å². The van der Waals surface area contributed by atoms with E-state index >= 15 is 0 Å². The summed E-state index contributed by atoms with van der Waals surface area (Å²) < 4.78 is 11.9. The van der Waals surface area contributed by atoms with Crippen molar-refractivity contribution in [2.24, 2.45) is 0 Å². The highest BCUT2D eigenvalue weighted by Crippen LogP contribution is 2.42. The maximum atomic E-state index is 6.13. The van der Waals surface area contributed by atoms with Crippen molar-refractivity contribution in [3.63, 3.8) is 0 Å². The molecule has 24 heavy (non-hydrogen) atoms. The largest absolute Gasteiger partial charge is 0.484 e. The molecule has 3 nitrogen and oxygen atoms in total. The highest BCUT2D eigenvalue weighted by atomic mass is 35.5. The highest BCUT2D eigenvalue weighted by molar-refractivity contribution is 7.99. The van der Waals surface area contributed by atoms with E-state index in [9.17, 15) is 0 Å². The molecule has 0 spiro atoms. The molecule has 0 radical (unpaired) electrons. The van der Waals surface area contributed by atoms with Crippen LogP contribution in [0.25, 0.3) is 0 Å². The maximum absolute atomic E-state index is 6.13. The van der Waals surface area contributed by atoms with Gasteiger partial charge in [0, 0.05) is 18.0 Å². The van der Waals surface area contributed by atoms with Crippen LogP contribution < -0.4 is 9.47 Å². The van der Waals surface area contributed by atoms with Gasteiger partial charge in [0.2, 0.25) is 5.88 Å². The van der Waals surface area contributed by atoms with E-state index in [4.69, 9.17) is 21.1 Å². The van der Waals surface area contributed by atoms with Crippen LogP contribution in [0.15, 0.2) is 71.8 Å². The summed E-state index contributed by atoms with van der Waals surface area (Å²) in [5.74, 6) is 3.01. The van der Waals surface area contributed by atoms with E-state index in [1.165, 1.54) is 5.56 Å². The summed E-state index contributed by atoms with van der Waals surface area (Å²) in [6.07, 6.45) is 1.64. The van der Waals surface area contributed by atoms with E-state index in [0.717, 1.165) is 22.1 Å². The van der Waals surface area contributed by atoms with Gasteiger partial charge >= 0.3 is 0 Å². The lowest BCUT2D eigenvalue weighted by Crippen LogP contribution is -2.14. The molecule has 1 aliphatic heterocycles. The number of hydrogen-bond acceptors (Lipinski definition) is 4. The van der Waals surface area contributed by atoms with Gasteiger partial charge in [0.25, 0.3) is 0 Å². The number of hydrogen-bond donors (Lipinski definition) is 0. The molecule has 5 heteroatoms. The molecule has 0 fully saturated rings. The molecule has 1 unspecified atom stereocenters. The van der Waals surface area contributed by atoms with Crippen molar-refractivity contribution < 1.29 is 9.47 Å². The Bertz CT molecular complexity index is 840. The van der Waals surface area contributed by atoms with Crippen LogP contribution in [0.3, 0.4) is 0 Å². The second kappa shape index (κ2) is 6.75. The molecule has 3 aromatic rings. The Hall–Kier alpha value is -2.17. The second-order valence-corrected chi connectivity index (χ2v) is 6.85. The Kier molecular flexibility index (Phi) is 4.32. The fourth-order valence-corrected chi connectivity index (χ4v) is 3.65. The normalized spacial score (nSPS) is 16.1. The number of thioether (sulfide) groups is 1. The molecule has 0 bridgehead atoms. The number of pyridine rings is 1. The smallest absolute Gasteiger partial charge is 0.219 e. The summed E-state index contributed by atoms with van der Waals surface area (Å²) in [6, 6.07) is 19.6. The molecule has 120 valence electrons. The average Bonchev–Trinajstić information content (AvgIpc) is 2.64. The van der Waals surface area contributed by atoms with Crippen LogP contribution in [0.1, 0.15) is 11.7 Å². The highest BCUT2D eigenvalue weighted by Gasteiger charge is 2.22. The number of nitrogens with zero attached hydrogens (tertiary/aromatic N) is 1. The van der Waals surface area contributed by atoms with Crippen molar-refractivity contribution in [1.29, 1.82) is 0 Å². The van der Waals surface area contributed by atoms with Crippen molar-refractivity contribution in [3.05, 3.63) is 77.4 Å². The summed E-state index contributed by atoms with van der Waals surface area (Å²) in [4.78, 5) is 5.22. The van der Waals surface area contributed by atoms with Gasteiger partial charge in [0.1, 0.15) is 17.6 Å². The van der Waals surface area contributed by atoms with Crippen molar-refractivity contribution in [2.75, 3.05) is 5.75 Å². The van der Waals surface area contributed by atoms with Crippen LogP contribution >= 0.6 is 23.4 Å². The van der Waals surface area contributed by atoms with Gasteiger partial charge in [0.15, 0.2) is 0 Å². The maximum Gasteiger partial charge on any atom is 0.219 e. The van der Waals surface area contributed by atoms with Gasteiger partial charge in [-0.05, 0) is 29.8 Å². The topological polar surface area (TPSA) is 31.4 Å². The lowest BCUT2D eigenvalue weighted by atomic mass is 10.1. The summed E-state index contributed by atoms with van der Waals surface area (Å²) >= 11 is 7.61. The molecule has 1 aliphatic rings. The molecule has 1 aromatic heterocycles. The molecule has 1 atom stereocenters. The van der Waals surface area contributed by atoms with Crippen LogP contribution in [0.5, 0.6) is 17.4 Å².